The van der Waals surface area contributed by atoms with Crippen molar-refractivity contribution in [2.24, 2.45) is 10.2 Å². The molecule has 0 spiro atoms. The molecule has 1 aliphatic heterocycles. The second kappa shape index (κ2) is 9.18. The number of aromatic nitrogens is 4. The first-order valence-corrected chi connectivity index (χ1v) is 10.9. The minimum atomic E-state index is -0.288. The number of hydrogen-bond acceptors (Lipinski definition) is 9. The Morgan fingerprint density at radius 2 is 1.94 bits per heavy atom. The van der Waals surface area contributed by atoms with Crippen LogP contribution in [0.2, 0.25) is 0 Å². The third-order valence-corrected chi connectivity index (χ3v) is 5.77. The summed E-state index contributed by atoms with van der Waals surface area (Å²) < 4.78 is 6.61. The number of aromatic hydroxyl groups is 1. The van der Waals surface area contributed by atoms with Gasteiger partial charge >= 0.3 is 0 Å². The molecule has 2 aromatic heterocycles. The van der Waals surface area contributed by atoms with E-state index < -0.39 is 0 Å². The van der Waals surface area contributed by atoms with Crippen LogP contribution in [0.15, 0.2) is 59.2 Å². The van der Waals surface area contributed by atoms with E-state index >= 15 is 0 Å². The van der Waals surface area contributed by atoms with Crippen molar-refractivity contribution < 1.29 is 14.6 Å². The molecule has 0 unspecified atom stereocenters. The molecule has 0 saturated carbocycles. The average Bonchev–Trinajstić information content (AvgIpc) is 3.58. The van der Waals surface area contributed by atoms with Gasteiger partial charge in [0.05, 0.1) is 18.9 Å². The minimum absolute atomic E-state index is 0.0936. The van der Waals surface area contributed by atoms with Crippen LogP contribution < -0.4 is 4.74 Å². The highest BCUT2D eigenvalue weighted by Crippen LogP contribution is 2.41. The van der Waals surface area contributed by atoms with Gasteiger partial charge in [0.2, 0.25) is 0 Å². The van der Waals surface area contributed by atoms with Gasteiger partial charge in [-0.1, -0.05) is 0 Å². The number of benzene rings is 2. The summed E-state index contributed by atoms with van der Waals surface area (Å²) in [6, 6.07) is 10.5. The molecule has 2 aromatic carbocycles. The number of hydrogen-bond donors (Lipinski definition) is 1. The number of likely N-dealkylation sites (tertiary alicyclic amines) is 1. The van der Waals surface area contributed by atoms with E-state index in [0.717, 1.165) is 12.8 Å². The summed E-state index contributed by atoms with van der Waals surface area (Å²) in [7, 11) is 1.55. The molecule has 11 nitrogen and oxygen atoms in total. The molecule has 174 valence electrons. The smallest absolute Gasteiger partial charge is 0.257 e. The van der Waals surface area contributed by atoms with Crippen LogP contribution in [0.3, 0.4) is 0 Å². The maximum atomic E-state index is 13.2. The molecule has 35 heavy (non-hydrogen) atoms. The molecular weight excluding hydrogens is 448 g/mol. The molecule has 0 radical (unpaired) electrons. The van der Waals surface area contributed by atoms with Crippen molar-refractivity contribution >= 4 is 28.2 Å². The first-order valence-electron chi connectivity index (χ1n) is 10.9. The van der Waals surface area contributed by atoms with Crippen LogP contribution in [0.5, 0.6) is 11.5 Å². The summed E-state index contributed by atoms with van der Waals surface area (Å²) in [5.41, 5.74) is 0.372. The van der Waals surface area contributed by atoms with Crippen molar-refractivity contribution in [3.05, 3.63) is 60.0 Å². The number of carbonyl (C=O) groups is 1. The Bertz CT molecular complexity index is 1480. The second-order valence-electron chi connectivity index (χ2n) is 7.86. The molecular formula is C24H20N8O3. The molecule has 1 saturated heterocycles. The van der Waals surface area contributed by atoms with Crippen LogP contribution in [0, 0.1) is 11.3 Å². The van der Waals surface area contributed by atoms with Gasteiger partial charge in [0.25, 0.3) is 11.9 Å². The fraction of sp³-hybridized carbons (Fsp3) is 0.208. The molecule has 4 aromatic rings. The highest BCUT2D eigenvalue weighted by molar-refractivity contribution is 6.07. The summed E-state index contributed by atoms with van der Waals surface area (Å²) in [5, 5.41) is 34.6. The van der Waals surface area contributed by atoms with Crippen LogP contribution in [0.1, 0.15) is 28.8 Å². The van der Waals surface area contributed by atoms with Gasteiger partial charge in [-0.3, -0.25) is 4.79 Å². The normalized spacial score (nSPS) is 13.4. The summed E-state index contributed by atoms with van der Waals surface area (Å²) in [6.45, 7) is 1.26. The van der Waals surface area contributed by atoms with Crippen LogP contribution in [-0.4, -0.2) is 55.9 Å². The Balaban J connectivity index is 1.67. The van der Waals surface area contributed by atoms with Crippen molar-refractivity contribution in [1.82, 2.24) is 24.6 Å². The van der Waals surface area contributed by atoms with E-state index in [1.165, 1.54) is 23.3 Å². The summed E-state index contributed by atoms with van der Waals surface area (Å²) in [5.74, 6) is 0.331. The van der Waals surface area contributed by atoms with Gasteiger partial charge in [0.1, 0.15) is 23.1 Å². The Morgan fingerprint density at radius 1 is 1.17 bits per heavy atom. The van der Waals surface area contributed by atoms with Crippen LogP contribution >= 0.6 is 0 Å². The van der Waals surface area contributed by atoms with Gasteiger partial charge in [0, 0.05) is 30.9 Å². The van der Waals surface area contributed by atoms with Gasteiger partial charge in [-0.2, -0.15) is 15.0 Å². The topological polar surface area (TPSA) is 142 Å². The molecule has 0 bridgehead atoms. The highest BCUT2D eigenvalue weighted by atomic mass is 16.5. The fourth-order valence-electron chi connectivity index (χ4n) is 4.00. The molecule has 3 heterocycles. The van der Waals surface area contributed by atoms with Gasteiger partial charge in [0.15, 0.2) is 11.6 Å². The van der Waals surface area contributed by atoms with Gasteiger partial charge in [-0.25, -0.2) is 9.97 Å². The quantitative estimate of drug-likeness (QED) is 0.435. The number of amides is 1. The van der Waals surface area contributed by atoms with Crippen molar-refractivity contribution in [3.63, 3.8) is 0 Å². The van der Waals surface area contributed by atoms with Gasteiger partial charge in [-0.15, -0.1) is 10.2 Å². The molecule has 1 fully saturated rings. The predicted molar refractivity (Wildman–Crippen MR) is 125 cm³/mol. The Labute approximate surface area is 199 Å². The van der Waals surface area contributed by atoms with Crippen LogP contribution in [-0.2, 0) is 0 Å². The van der Waals surface area contributed by atoms with E-state index in [4.69, 9.17) is 4.74 Å². The predicted octanol–water partition coefficient (Wildman–Crippen LogP) is 4.05. The Kier molecular flexibility index (Phi) is 5.76. The lowest BCUT2D eigenvalue weighted by atomic mass is 10.0. The number of ether oxygens (including phenoxy) is 1. The van der Waals surface area contributed by atoms with E-state index in [2.05, 4.69) is 25.3 Å². The molecule has 0 atom stereocenters. The number of azo groups is 1. The lowest BCUT2D eigenvalue weighted by Gasteiger charge is -2.17. The zero-order valence-electron chi connectivity index (χ0n) is 18.8. The van der Waals surface area contributed by atoms with E-state index in [1.54, 1.807) is 42.3 Å². The van der Waals surface area contributed by atoms with Gasteiger partial charge in [-0.05, 0) is 48.6 Å². The van der Waals surface area contributed by atoms with E-state index in [1.807, 2.05) is 6.07 Å². The number of rotatable bonds is 5. The zero-order valence-corrected chi connectivity index (χ0v) is 18.8. The molecule has 1 aliphatic rings. The minimum Gasteiger partial charge on any atom is -0.505 e. The maximum Gasteiger partial charge on any atom is 0.257 e. The van der Waals surface area contributed by atoms with E-state index in [0.29, 0.717) is 29.6 Å². The number of carbonyl (C=O) groups excluding carboxylic acids is 1. The Morgan fingerprint density at radius 3 is 2.66 bits per heavy atom. The van der Waals surface area contributed by atoms with Crippen molar-refractivity contribution in [1.29, 1.82) is 5.26 Å². The molecule has 1 amide bonds. The third kappa shape index (κ3) is 4.02. The number of methoxy groups -OCH3 is 1. The lowest BCUT2D eigenvalue weighted by molar-refractivity contribution is 0.0790. The fourth-order valence-corrected chi connectivity index (χ4v) is 4.00. The van der Waals surface area contributed by atoms with Crippen molar-refractivity contribution in [2.45, 2.75) is 12.8 Å². The molecule has 11 heteroatoms. The third-order valence-electron chi connectivity index (χ3n) is 5.77. The summed E-state index contributed by atoms with van der Waals surface area (Å²) in [6.07, 6.45) is 6.25. The van der Waals surface area contributed by atoms with Crippen molar-refractivity contribution in [3.8, 4) is 23.5 Å². The standard InChI is InChI=1S/C24H20N8O3/c1-35-17-5-6-18-15(11-17)12-19(23(34)31-9-2-3-10-31)21(33)20(18)29-30-22-16(13-25)14-28-32(22)24-26-7-4-8-27-24/h4-8,11-12,14,33H,2-3,9-10H2,1H3. The molecule has 1 N–H and O–H groups in total. The Hall–Kier alpha value is -4.85. The number of nitrogens with zero attached hydrogens (tertiary/aromatic N) is 8. The van der Waals surface area contributed by atoms with E-state index in [-0.39, 0.29) is 40.2 Å². The van der Waals surface area contributed by atoms with Crippen LogP contribution in [0.4, 0.5) is 11.5 Å². The molecule has 5 rings (SSSR count). The number of phenolic OH excluding ortho intramolecular Hbond substituents is 1. The zero-order chi connectivity index (χ0) is 24.4. The SMILES string of the molecule is COc1ccc2c(N=Nc3c(C#N)cnn3-c3ncccn3)c(O)c(C(=O)N3CCCC3)cc2c1. The van der Waals surface area contributed by atoms with E-state index in [9.17, 15) is 15.2 Å². The lowest BCUT2D eigenvalue weighted by Crippen LogP contribution is -2.27. The number of phenols is 1. The molecule has 0 aliphatic carbocycles. The number of fused-ring (bicyclic) bond motifs is 1. The first kappa shape index (κ1) is 22.0. The summed E-state index contributed by atoms with van der Waals surface area (Å²) in [4.78, 5) is 23.2. The highest BCUT2D eigenvalue weighted by Gasteiger charge is 2.25. The summed E-state index contributed by atoms with van der Waals surface area (Å²) >= 11 is 0. The van der Waals surface area contributed by atoms with Gasteiger partial charge < -0.3 is 14.7 Å². The van der Waals surface area contributed by atoms with Crippen molar-refractivity contribution in [2.75, 3.05) is 20.2 Å². The maximum absolute atomic E-state index is 13.2. The largest absolute Gasteiger partial charge is 0.505 e. The first-order chi connectivity index (χ1) is 17.1. The monoisotopic (exact) mass is 468 g/mol. The second-order valence-corrected chi connectivity index (χ2v) is 7.86. The van der Waals surface area contributed by atoms with Crippen LogP contribution in [0.25, 0.3) is 16.7 Å². The number of nitriles is 1. The average molecular weight is 468 g/mol.